The minimum Gasteiger partial charge on any atom is -0.327 e. The quantitative estimate of drug-likeness (QED) is 0.568. The fraction of sp³-hybridized carbons (Fsp3) is 1.00. The Balaban J connectivity index is 1.96. The molecule has 0 saturated heterocycles. The standard InChI is InChI=1S/C10H19N/c1-9(2)3-5-10(6-4-9)7-8(10)11/h8H,3-7,11H2,1-2H3. The van der Waals surface area contributed by atoms with Crippen molar-refractivity contribution in [2.45, 2.75) is 52.0 Å². The molecule has 2 aliphatic carbocycles. The van der Waals surface area contributed by atoms with E-state index in [0.29, 0.717) is 16.9 Å². The first-order chi connectivity index (χ1) is 5.04. The van der Waals surface area contributed by atoms with Crippen molar-refractivity contribution < 1.29 is 0 Å². The molecule has 1 unspecified atom stereocenters. The van der Waals surface area contributed by atoms with Gasteiger partial charge in [0, 0.05) is 6.04 Å². The van der Waals surface area contributed by atoms with E-state index in [0.717, 1.165) is 0 Å². The minimum atomic E-state index is 0.554. The van der Waals surface area contributed by atoms with Crippen molar-refractivity contribution in [1.82, 2.24) is 0 Å². The van der Waals surface area contributed by atoms with Gasteiger partial charge >= 0.3 is 0 Å². The van der Waals surface area contributed by atoms with Crippen LogP contribution in [0.25, 0.3) is 0 Å². The molecule has 0 heterocycles. The summed E-state index contributed by atoms with van der Waals surface area (Å²) in [4.78, 5) is 0. The average Bonchev–Trinajstić information content (AvgIpc) is 2.54. The Morgan fingerprint density at radius 2 is 1.55 bits per heavy atom. The topological polar surface area (TPSA) is 26.0 Å². The number of nitrogens with two attached hydrogens (primary N) is 1. The normalized spacial score (nSPS) is 39.0. The van der Waals surface area contributed by atoms with E-state index in [1.165, 1.54) is 32.1 Å². The molecule has 2 rings (SSSR count). The van der Waals surface area contributed by atoms with Crippen molar-refractivity contribution in [3.63, 3.8) is 0 Å². The van der Waals surface area contributed by atoms with Gasteiger partial charge in [0.15, 0.2) is 0 Å². The van der Waals surface area contributed by atoms with Gasteiger partial charge in [0.1, 0.15) is 0 Å². The molecule has 0 bridgehead atoms. The molecule has 1 atom stereocenters. The summed E-state index contributed by atoms with van der Waals surface area (Å²) in [5.74, 6) is 0. The van der Waals surface area contributed by atoms with Crippen molar-refractivity contribution in [2.75, 3.05) is 0 Å². The monoisotopic (exact) mass is 153 g/mol. The fourth-order valence-corrected chi connectivity index (χ4v) is 2.38. The first-order valence-corrected chi connectivity index (χ1v) is 4.80. The summed E-state index contributed by atoms with van der Waals surface area (Å²) in [5.41, 5.74) is 7.15. The van der Waals surface area contributed by atoms with Gasteiger partial charge in [0.05, 0.1) is 0 Å². The molecule has 0 aliphatic heterocycles. The van der Waals surface area contributed by atoms with Crippen LogP contribution >= 0.6 is 0 Å². The SMILES string of the molecule is CC1(C)CCC2(CC1)CC2N. The molecule has 0 radical (unpaired) electrons. The molecule has 1 nitrogen and oxygen atoms in total. The summed E-state index contributed by atoms with van der Waals surface area (Å²) < 4.78 is 0. The first kappa shape index (κ1) is 7.60. The van der Waals surface area contributed by atoms with Gasteiger partial charge < -0.3 is 5.73 Å². The lowest BCUT2D eigenvalue weighted by molar-refractivity contribution is 0.174. The molecule has 2 saturated carbocycles. The van der Waals surface area contributed by atoms with Crippen molar-refractivity contribution in [3.8, 4) is 0 Å². The van der Waals surface area contributed by atoms with E-state index in [-0.39, 0.29) is 0 Å². The van der Waals surface area contributed by atoms with Crippen LogP contribution in [-0.2, 0) is 0 Å². The van der Waals surface area contributed by atoms with Crippen molar-refractivity contribution in [2.24, 2.45) is 16.6 Å². The third-order valence-electron chi connectivity index (χ3n) is 3.85. The lowest BCUT2D eigenvalue weighted by Crippen LogP contribution is -2.26. The Bertz CT molecular complexity index is 162. The Labute approximate surface area is 69.4 Å². The maximum absolute atomic E-state index is 5.92. The van der Waals surface area contributed by atoms with Gasteiger partial charge in [-0.05, 0) is 42.9 Å². The largest absolute Gasteiger partial charge is 0.327 e. The smallest absolute Gasteiger partial charge is 0.0102 e. The average molecular weight is 153 g/mol. The molecular formula is C10H19N. The first-order valence-electron chi connectivity index (χ1n) is 4.80. The summed E-state index contributed by atoms with van der Waals surface area (Å²) in [6.07, 6.45) is 6.87. The molecule has 0 aromatic rings. The highest BCUT2D eigenvalue weighted by Gasteiger charge is 2.53. The van der Waals surface area contributed by atoms with E-state index in [1.807, 2.05) is 0 Å². The molecule has 0 aromatic carbocycles. The lowest BCUT2D eigenvalue weighted by Gasteiger charge is -2.34. The number of hydrogen-bond acceptors (Lipinski definition) is 1. The maximum Gasteiger partial charge on any atom is 0.0102 e. The second-order valence-electron chi connectivity index (χ2n) is 5.34. The van der Waals surface area contributed by atoms with E-state index in [2.05, 4.69) is 13.8 Å². The Hall–Kier alpha value is -0.0400. The van der Waals surface area contributed by atoms with Crippen LogP contribution in [0.4, 0.5) is 0 Å². The highest BCUT2D eigenvalue weighted by atomic mass is 14.8. The Kier molecular flexibility index (Phi) is 1.39. The van der Waals surface area contributed by atoms with Crippen LogP contribution in [0.2, 0.25) is 0 Å². The zero-order valence-corrected chi connectivity index (χ0v) is 7.69. The Morgan fingerprint density at radius 1 is 1.09 bits per heavy atom. The van der Waals surface area contributed by atoms with E-state index in [1.54, 1.807) is 0 Å². The molecule has 0 amide bonds. The minimum absolute atomic E-state index is 0.554. The molecule has 64 valence electrons. The molecular weight excluding hydrogens is 134 g/mol. The summed E-state index contributed by atoms with van der Waals surface area (Å²) in [6.45, 7) is 4.77. The van der Waals surface area contributed by atoms with Gasteiger partial charge in [-0.1, -0.05) is 13.8 Å². The van der Waals surface area contributed by atoms with Crippen LogP contribution in [0.3, 0.4) is 0 Å². The molecule has 2 N–H and O–H groups in total. The number of rotatable bonds is 0. The second kappa shape index (κ2) is 2.01. The van der Waals surface area contributed by atoms with Gasteiger partial charge in [0.25, 0.3) is 0 Å². The van der Waals surface area contributed by atoms with Crippen molar-refractivity contribution in [3.05, 3.63) is 0 Å². The van der Waals surface area contributed by atoms with E-state index in [4.69, 9.17) is 5.73 Å². The molecule has 1 spiro atoms. The molecule has 11 heavy (non-hydrogen) atoms. The molecule has 2 aliphatic rings. The zero-order chi connectivity index (χ0) is 8.11. The predicted octanol–water partition coefficient (Wildman–Crippen LogP) is 2.30. The number of hydrogen-bond donors (Lipinski definition) is 1. The third-order valence-corrected chi connectivity index (χ3v) is 3.85. The lowest BCUT2D eigenvalue weighted by atomic mass is 9.71. The summed E-state index contributed by atoms with van der Waals surface area (Å²) >= 11 is 0. The van der Waals surface area contributed by atoms with Crippen LogP contribution in [0.15, 0.2) is 0 Å². The van der Waals surface area contributed by atoms with Gasteiger partial charge in [0.2, 0.25) is 0 Å². The summed E-state index contributed by atoms with van der Waals surface area (Å²) in [5, 5.41) is 0. The maximum atomic E-state index is 5.92. The van der Waals surface area contributed by atoms with Crippen LogP contribution in [0.1, 0.15) is 46.0 Å². The zero-order valence-electron chi connectivity index (χ0n) is 7.69. The molecule has 0 aromatic heterocycles. The second-order valence-corrected chi connectivity index (χ2v) is 5.34. The van der Waals surface area contributed by atoms with Crippen LogP contribution in [0, 0.1) is 10.8 Å². The highest BCUT2D eigenvalue weighted by Crippen LogP contribution is 2.58. The Morgan fingerprint density at radius 3 is 1.91 bits per heavy atom. The highest BCUT2D eigenvalue weighted by molar-refractivity contribution is 5.08. The summed E-state index contributed by atoms with van der Waals surface area (Å²) in [7, 11) is 0. The van der Waals surface area contributed by atoms with E-state index >= 15 is 0 Å². The van der Waals surface area contributed by atoms with E-state index in [9.17, 15) is 0 Å². The summed E-state index contributed by atoms with van der Waals surface area (Å²) in [6, 6.07) is 0.554. The fourth-order valence-electron chi connectivity index (χ4n) is 2.38. The van der Waals surface area contributed by atoms with Gasteiger partial charge in [-0.15, -0.1) is 0 Å². The van der Waals surface area contributed by atoms with Crippen molar-refractivity contribution in [1.29, 1.82) is 0 Å². The van der Waals surface area contributed by atoms with Crippen LogP contribution < -0.4 is 5.73 Å². The third kappa shape index (κ3) is 1.20. The molecule has 1 heteroatoms. The van der Waals surface area contributed by atoms with Gasteiger partial charge in [-0.3, -0.25) is 0 Å². The van der Waals surface area contributed by atoms with Gasteiger partial charge in [-0.2, -0.15) is 0 Å². The van der Waals surface area contributed by atoms with Crippen LogP contribution in [0.5, 0.6) is 0 Å². The molecule has 2 fully saturated rings. The van der Waals surface area contributed by atoms with Crippen molar-refractivity contribution >= 4 is 0 Å². The van der Waals surface area contributed by atoms with Crippen LogP contribution in [-0.4, -0.2) is 6.04 Å². The van der Waals surface area contributed by atoms with E-state index < -0.39 is 0 Å². The van der Waals surface area contributed by atoms with Gasteiger partial charge in [-0.25, -0.2) is 0 Å². The predicted molar refractivity (Wildman–Crippen MR) is 47.3 cm³/mol.